The number of aryl methyl sites for hydroxylation is 1. The maximum absolute atomic E-state index is 5.82. The second-order valence-corrected chi connectivity index (χ2v) is 5.41. The molecule has 2 aromatic rings. The molecule has 0 bridgehead atoms. The maximum atomic E-state index is 5.82. The van der Waals surface area contributed by atoms with Crippen LogP contribution in [-0.2, 0) is 0 Å². The molecule has 2 aromatic carbocycles. The summed E-state index contributed by atoms with van der Waals surface area (Å²) in [6.45, 7) is 7.63. The van der Waals surface area contributed by atoms with Gasteiger partial charge in [0.2, 0.25) is 0 Å². The van der Waals surface area contributed by atoms with E-state index >= 15 is 0 Å². The van der Waals surface area contributed by atoms with Gasteiger partial charge in [-0.15, -0.1) is 0 Å². The Morgan fingerprint density at radius 3 is 2.68 bits per heavy atom. The first-order valence-corrected chi connectivity index (χ1v) is 7.88. The number of anilines is 1. The third-order valence-corrected chi connectivity index (χ3v) is 3.53. The number of benzene rings is 2. The molecular weight excluding hydrogens is 274 g/mol. The number of rotatable bonds is 8. The van der Waals surface area contributed by atoms with E-state index in [0.29, 0.717) is 6.61 Å². The average molecular weight is 299 g/mol. The monoisotopic (exact) mass is 299 g/mol. The molecular formula is C19H25NO2. The Morgan fingerprint density at radius 1 is 1.09 bits per heavy atom. The largest absolute Gasteiger partial charge is 0.491 e. The molecule has 1 unspecified atom stereocenters. The summed E-state index contributed by atoms with van der Waals surface area (Å²) in [5, 5.41) is 3.36. The van der Waals surface area contributed by atoms with Crippen LogP contribution in [0.4, 0.5) is 5.69 Å². The van der Waals surface area contributed by atoms with Crippen molar-refractivity contribution in [1.29, 1.82) is 0 Å². The first-order valence-electron chi connectivity index (χ1n) is 7.88. The standard InChI is InChI=1S/C19H25NO2/c1-4-16(3)22-18-10-7-9-17(14-18)20-12-13-21-19-11-6-5-8-15(19)2/h5-11,14,16,20H,4,12-13H2,1-3H3. The van der Waals surface area contributed by atoms with Gasteiger partial charge in [-0.1, -0.05) is 31.2 Å². The molecule has 0 aliphatic rings. The van der Waals surface area contributed by atoms with Crippen molar-refractivity contribution in [3.63, 3.8) is 0 Å². The molecule has 0 heterocycles. The van der Waals surface area contributed by atoms with E-state index in [0.717, 1.165) is 35.7 Å². The summed E-state index contributed by atoms with van der Waals surface area (Å²) in [6.07, 6.45) is 1.24. The molecule has 0 saturated carbocycles. The van der Waals surface area contributed by atoms with Crippen molar-refractivity contribution < 1.29 is 9.47 Å². The zero-order valence-corrected chi connectivity index (χ0v) is 13.6. The molecule has 0 radical (unpaired) electrons. The zero-order valence-electron chi connectivity index (χ0n) is 13.6. The molecule has 0 saturated heterocycles. The van der Waals surface area contributed by atoms with E-state index in [1.165, 1.54) is 0 Å². The van der Waals surface area contributed by atoms with Gasteiger partial charge in [-0.05, 0) is 44.0 Å². The van der Waals surface area contributed by atoms with Gasteiger partial charge >= 0.3 is 0 Å². The van der Waals surface area contributed by atoms with Crippen LogP contribution < -0.4 is 14.8 Å². The van der Waals surface area contributed by atoms with Crippen LogP contribution in [0.3, 0.4) is 0 Å². The fraction of sp³-hybridized carbons (Fsp3) is 0.368. The molecule has 118 valence electrons. The zero-order chi connectivity index (χ0) is 15.8. The molecule has 3 heteroatoms. The highest BCUT2D eigenvalue weighted by atomic mass is 16.5. The molecule has 0 aliphatic carbocycles. The summed E-state index contributed by atoms with van der Waals surface area (Å²) in [7, 11) is 0. The number of para-hydroxylation sites is 1. The van der Waals surface area contributed by atoms with Crippen LogP contribution in [0.5, 0.6) is 11.5 Å². The van der Waals surface area contributed by atoms with E-state index in [-0.39, 0.29) is 6.10 Å². The number of hydrogen-bond donors (Lipinski definition) is 1. The summed E-state index contributed by atoms with van der Waals surface area (Å²) >= 11 is 0. The van der Waals surface area contributed by atoms with Gasteiger partial charge in [0.1, 0.15) is 18.1 Å². The molecule has 3 nitrogen and oxygen atoms in total. The van der Waals surface area contributed by atoms with Crippen LogP contribution in [0.25, 0.3) is 0 Å². The molecule has 0 fully saturated rings. The molecule has 22 heavy (non-hydrogen) atoms. The van der Waals surface area contributed by atoms with Crippen LogP contribution in [0, 0.1) is 6.92 Å². The SMILES string of the molecule is CCC(C)Oc1cccc(NCCOc2ccccc2C)c1. The highest BCUT2D eigenvalue weighted by Crippen LogP contribution is 2.19. The summed E-state index contributed by atoms with van der Waals surface area (Å²) in [6, 6.07) is 16.1. The molecule has 2 rings (SSSR count). The number of hydrogen-bond acceptors (Lipinski definition) is 3. The summed E-state index contributed by atoms with van der Waals surface area (Å²) < 4.78 is 11.6. The predicted molar refractivity (Wildman–Crippen MR) is 92.0 cm³/mol. The van der Waals surface area contributed by atoms with Crippen LogP contribution in [0.1, 0.15) is 25.8 Å². The van der Waals surface area contributed by atoms with Crippen LogP contribution >= 0.6 is 0 Å². The first-order chi connectivity index (χ1) is 10.7. The molecule has 0 aromatic heterocycles. The number of ether oxygens (including phenoxy) is 2. The van der Waals surface area contributed by atoms with E-state index < -0.39 is 0 Å². The molecule has 0 spiro atoms. The van der Waals surface area contributed by atoms with Gasteiger partial charge in [-0.2, -0.15) is 0 Å². The van der Waals surface area contributed by atoms with E-state index in [4.69, 9.17) is 9.47 Å². The lowest BCUT2D eigenvalue weighted by molar-refractivity contribution is 0.217. The smallest absolute Gasteiger partial charge is 0.122 e. The van der Waals surface area contributed by atoms with E-state index in [2.05, 4.69) is 32.2 Å². The van der Waals surface area contributed by atoms with Crippen molar-refractivity contribution in [3.8, 4) is 11.5 Å². The summed E-state index contributed by atoms with van der Waals surface area (Å²) in [4.78, 5) is 0. The lowest BCUT2D eigenvalue weighted by atomic mass is 10.2. The van der Waals surface area contributed by atoms with E-state index in [9.17, 15) is 0 Å². The Kier molecular flexibility index (Phi) is 6.13. The number of nitrogens with one attached hydrogen (secondary N) is 1. The van der Waals surface area contributed by atoms with Crippen LogP contribution in [-0.4, -0.2) is 19.3 Å². The lowest BCUT2D eigenvalue weighted by Crippen LogP contribution is -2.12. The molecule has 1 N–H and O–H groups in total. The minimum atomic E-state index is 0.236. The van der Waals surface area contributed by atoms with Gasteiger partial charge in [0.15, 0.2) is 0 Å². The fourth-order valence-corrected chi connectivity index (χ4v) is 2.07. The Balaban J connectivity index is 1.79. The van der Waals surface area contributed by atoms with Crippen LogP contribution in [0.15, 0.2) is 48.5 Å². The normalized spacial score (nSPS) is 11.8. The van der Waals surface area contributed by atoms with Crippen molar-refractivity contribution in [2.45, 2.75) is 33.3 Å². The minimum Gasteiger partial charge on any atom is -0.491 e. The third kappa shape index (κ3) is 4.99. The minimum absolute atomic E-state index is 0.236. The van der Waals surface area contributed by atoms with Crippen LogP contribution in [0.2, 0.25) is 0 Å². The van der Waals surface area contributed by atoms with Gasteiger partial charge in [0, 0.05) is 18.3 Å². The second-order valence-electron chi connectivity index (χ2n) is 5.41. The highest BCUT2D eigenvalue weighted by molar-refractivity contribution is 5.48. The average Bonchev–Trinajstić information content (AvgIpc) is 2.53. The van der Waals surface area contributed by atoms with Gasteiger partial charge < -0.3 is 14.8 Å². The van der Waals surface area contributed by atoms with Gasteiger partial charge in [0.25, 0.3) is 0 Å². The first kappa shape index (κ1) is 16.2. The van der Waals surface area contributed by atoms with Gasteiger partial charge in [-0.25, -0.2) is 0 Å². The van der Waals surface area contributed by atoms with Gasteiger partial charge in [-0.3, -0.25) is 0 Å². The Bertz CT molecular complexity index is 583. The summed E-state index contributed by atoms with van der Waals surface area (Å²) in [5.41, 5.74) is 2.21. The second kappa shape index (κ2) is 8.32. The van der Waals surface area contributed by atoms with Crippen molar-refractivity contribution in [2.24, 2.45) is 0 Å². The Labute approximate surface area is 133 Å². The highest BCUT2D eigenvalue weighted by Gasteiger charge is 2.02. The lowest BCUT2D eigenvalue weighted by Gasteiger charge is -2.14. The topological polar surface area (TPSA) is 30.5 Å². The maximum Gasteiger partial charge on any atom is 0.122 e. The molecule has 1 atom stereocenters. The van der Waals surface area contributed by atoms with Crippen molar-refractivity contribution in [2.75, 3.05) is 18.5 Å². The Hall–Kier alpha value is -2.16. The summed E-state index contributed by atoms with van der Waals surface area (Å²) in [5.74, 6) is 1.84. The third-order valence-electron chi connectivity index (χ3n) is 3.53. The fourth-order valence-electron chi connectivity index (χ4n) is 2.07. The van der Waals surface area contributed by atoms with Crippen molar-refractivity contribution in [3.05, 3.63) is 54.1 Å². The predicted octanol–water partition coefficient (Wildman–Crippen LogP) is 4.66. The molecule has 0 amide bonds. The van der Waals surface area contributed by atoms with E-state index in [1.54, 1.807) is 0 Å². The van der Waals surface area contributed by atoms with E-state index in [1.807, 2.05) is 42.5 Å². The van der Waals surface area contributed by atoms with Gasteiger partial charge in [0.05, 0.1) is 6.10 Å². The quantitative estimate of drug-likeness (QED) is 0.719. The molecule has 0 aliphatic heterocycles. The van der Waals surface area contributed by atoms with Crippen molar-refractivity contribution >= 4 is 5.69 Å². The van der Waals surface area contributed by atoms with Crippen molar-refractivity contribution in [1.82, 2.24) is 0 Å². The Morgan fingerprint density at radius 2 is 1.91 bits per heavy atom.